The van der Waals surface area contributed by atoms with E-state index in [2.05, 4.69) is 16.7 Å². The fraction of sp³-hybridized carbons (Fsp3) is 0. The van der Waals surface area contributed by atoms with Gasteiger partial charge < -0.3 is 4.42 Å². The number of aromatic nitrogens is 3. The molecule has 2 aromatic heterocycles. The van der Waals surface area contributed by atoms with Gasteiger partial charge in [0.1, 0.15) is 0 Å². The van der Waals surface area contributed by atoms with Gasteiger partial charge in [-0.15, -0.1) is 5.10 Å². The molecule has 50 valence electrons. The third kappa shape index (κ3) is 0.500. The van der Waals surface area contributed by atoms with E-state index in [1.54, 1.807) is 16.8 Å². The van der Waals surface area contributed by atoms with Crippen LogP contribution in [0.15, 0.2) is 23.6 Å². The summed E-state index contributed by atoms with van der Waals surface area (Å²) >= 11 is 0. The highest BCUT2D eigenvalue weighted by molar-refractivity contribution is 5.44. The highest BCUT2D eigenvalue weighted by atomic mass is 16.4. The molecule has 0 fully saturated rings. The van der Waals surface area contributed by atoms with Crippen LogP contribution in [-0.2, 0) is 0 Å². The molecular formula is C6H5N3O. The van der Waals surface area contributed by atoms with E-state index in [4.69, 9.17) is 4.42 Å². The van der Waals surface area contributed by atoms with Crippen LogP contribution in [0.2, 0.25) is 0 Å². The molecule has 2 rings (SSSR count). The maximum absolute atomic E-state index is 4.89. The summed E-state index contributed by atoms with van der Waals surface area (Å²) in [6.45, 7) is 3.59. The largest absolute Gasteiger partial charge is 0.410 e. The predicted molar refractivity (Wildman–Crippen MR) is 35.3 cm³/mol. The molecule has 0 aliphatic heterocycles. The minimum atomic E-state index is 0.495. The van der Waals surface area contributed by atoms with Gasteiger partial charge in [-0.25, -0.2) is 4.98 Å². The molecule has 0 bridgehead atoms. The molecule has 4 nitrogen and oxygen atoms in total. The van der Waals surface area contributed by atoms with Crippen molar-refractivity contribution in [1.29, 1.82) is 0 Å². The van der Waals surface area contributed by atoms with E-state index < -0.39 is 0 Å². The van der Waals surface area contributed by atoms with Gasteiger partial charge in [0.15, 0.2) is 0 Å². The summed E-state index contributed by atoms with van der Waals surface area (Å²) in [6.07, 6.45) is 4.66. The van der Waals surface area contributed by atoms with E-state index in [9.17, 15) is 0 Å². The average molecular weight is 135 g/mol. The Bertz CT molecular complexity index is 360. The summed E-state index contributed by atoms with van der Waals surface area (Å²) in [5, 5.41) is 3.87. The maximum Gasteiger partial charge on any atom is 0.324 e. The number of rotatable bonds is 1. The maximum atomic E-state index is 4.89. The predicted octanol–water partition coefficient (Wildman–Crippen LogP) is 0.965. The Morgan fingerprint density at radius 3 is 3.40 bits per heavy atom. The summed E-state index contributed by atoms with van der Waals surface area (Å²) in [4.78, 5) is 3.91. The number of imidazole rings is 1. The lowest BCUT2D eigenvalue weighted by Gasteiger charge is -1.80. The Labute approximate surface area is 56.8 Å². The van der Waals surface area contributed by atoms with Gasteiger partial charge in [0.2, 0.25) is 6.39 Å². The Morgan fingerprint density at radius 2 is 2.60 bits per heavy atom. The number of hydrogen-bond donors (Lipinski definition) is 0. The van der Waals surface area contributed by atoms with Crippen LogP contribution in [0, 0.1) is 0 Å². The van der Waals surface area contributed by atoms with E-state index in [1.165, 1.54) is 6.39 Å². The van der Waals surface area contributed by atoms with E-state index in [-0.39, 0.29) is 0 Å². The van der Waals surface area contributed by atoms with Crippen molar-refractivity contribution in [3.8, 4) is 0 Å². The molecule has 2 heterocycles. The van der Waals surface area contributed by atoms with Crippen molar-refractivity contribution in [1.82, 2.24) is 14.6 Å². The molecule has 2 aromatic rings. The Balaban J connectivity index is 2.88. The zero-order valence-electron chi connectivity index (χ0n) is 5.19. The molecule has 0 spiro atoms. The highest BCUT2D eigenvalue weighted by Gasteiger charge is 2.01. The van der Waals surface area contributed by atoms with Crippen LogP contribution in [0.3, 0.4) is 0 Å². The molecule has 0 N–H and O–H groups in total. The molecule has 0 amide bonds. The normalized spacial score (nSPS) is 10.4. The molecular weight excluding hydrogens is 130 g/mol. The van der Waals surface area contributed by atoms with Gasteiger partial charge in [0, 0.05) is 0 Å². The van der Waals surface area contributed by atoms with Gasteiger partial charge in [-0.2, -0.15) is 4.52 Å². The fourth-order valence-corrected chi connectivity index (χ4v) is 0.795. The zero-order valence-corrected chi connectivity index (χ0v) is 5.19. The molecule has 0 unspecified atom stereocenters. The van der Waals surface area contributed by atoms with Gasteiger partial charge in [0.05, 0.1) is 11.9 Å². The zero-order chi connectivity index (χ0) is 6.97. The highest BCUT2D eigenvalue weighted by Crippen LogP contribution is 2.04. The molecule has 10 heavy (non-hydrogen) atoms. The van der Waals surface area contributed by atoms with Crippen LogP contribution in [0.5, 0.6) is 0 Å². The van der Waals surface area contributed by atoms with Crippen molar-refractivity contribution in [2.24, 2.45) is 0 Å². The summed E-state index contributed by atoms with van der Waals surface area (Å²) in [6, 6.07) is 0. The molecule has 0 aromatic carbocycles. The van der Waals surface area contributed by atoms with Gasteiger partial charge in [0.25, 0.3) is 0 Å². The topological polar surface area (TPSA) is 43.3 Å². The van der Waals surface area contributed by atoms with Gasteiger partial charge in [-0.05, 0) is 6.08 Å². The van der Waals surface area contributed by atoms with Crippen LogP contribution in [0.25, 0.3) is 11.9 Å². The van der Waals surface area contributed by atoms with Crippen LogP contribution >= 0.6 is 0 Å². The smallest absolute Gasteiger partial charge is 0.324 e. The van der Waals surface area contributed by atoms with Crippen molar-refractivity contribution in [3.63, 3.8) is 0 Å². The summed E-state index contributed by atoms with van der Waals surface area (Å²) in [5.41, 5.74) is 0.837. The molecule has 0 radical (unpaired) electrons. The van der Waals surface area contributed by atoms with Gasteiger partial charge in [-0.3, -0.25) is 0 Å². The lowest BCUT2D eigenvalue weighted by Crippen LogP contribution is -1.83. The minimum absolute atomic E-state index is 0.495. The van der Waals surface area contributed by atoms with Gasteiger partial charge >= 0.3 is 5.84 Å². The van der Waals surface area contributed by atoms with E-state index >= 15 is 0 Å². The second-order valence-electron chi connectivity index (χ2n) is 1.82. The quantitative estimate of drug-likeness (QED) is 0.585. The standard InChI is InChI=1S/C6H5N3O/c1-2-5-3-7-6-9(5)8-4-10-6/h2-4H,1H2. The second kappa shape index (κ2) is 1.70. The number of nitrogens with zero attached hydrogens (tertiary/aromatic N) is 3. The Kier molecular flexibility index (Phi) is 0.887. The summed E-state index contributed by atoms with van der Waals surface area (Å²) in [7, 11) is 0. The van der Waals surface area contributed by atoms with E-state index in [0.29, 0.717) is 5.84 Å². The summed E-state index contributed by atoms with van der Waals surface area (Å²) < 4.78 is 6.47. The third-order valence-electron chi connectivity index (χ3n) is 1.26. The molecule has 0 aliphatic carbocycles. The van der Waals surface area contributed by atoms with E-state index in [1.807, 2.05) is 0 Å². The van der Waals surface area contributed by atoms with Crippen molar-refractivity contribution >= 4 is 11.9 Å². The molecule has 0 saturated carbocycles. The second-order valence-corrected chi connectivity index (χ2v) is 1.82. The van der Waals surface area contributed by atoms with Crippen LogP contribution in [0.4, 0.5) is 0 Å². The monoisotopic (exact) mass is 135 g/mol. The third-order valence-corrected chi connectivity index (χ3v) is 1.26. The first kappa shape index (κ1) is 5.22. The van der Waals surface area contributed by atoms with Crippen molar-refractivity contribution < 1.29 is 4.42 Å². The minimum Gasteiger partial charge on any atom is -0.410 e. The van der Waals surface area contributed by atoms with Crippen LogP contribution < -0.4 is 0 Å². The first-order valence-corrected chi connectivity index (χ1v) is 2.81. The lowest BCUT2D eigenvalue weighted by atomic mass is 10.5. The summed E-state index contributed by atoms with van der Waals surface area (Å²) in [5.74, 6) is 0.495. The van der Waals surface area contributed by atoms with Crippen molar-refractivity contribution in [2.75, 3.05) is 0 Å². The van der Waals surface area contributed by atoms with E-state index in [0.717, 1.165) is 5.69 Å². The first-order chi connectivity index (χ1) is 4.92. The van der Waals surface area contributed by atoms with Crippen LogP contribution in [-0.4, -0.2) is 14.6 Å². The Hall–Kier alpha value is -1.58. The average Bonchev–Trinajstić information content (AvgIpc) is 2.44. The molecule has 0 atom stereocenters. The molecule has 0 saturated heterocycles. The molecule has 0 aliphatic rings. The fourth-order valence-electron chi connectivity index (χ4n) is 0.795. The van der Waals surface area contributed by atoms with Crippen molar-refractivity contribution in [3.05, 3.63) is 24.9 Å². The number of fused-ring (bicyclic) bond motifs is 1. The molecule has 4 heteroatoms. The van der Waals surface area contributed by atoms with Crippen LogP contribution in [0.1, 0.15) is 5.69 Å². The Morgan fingerprint density at radius 1 is 1.70 bits per heavy atom. The lowest BCUT2D eigenvalue weighted by molar-refractivity contribution is 0.589. The van der Waals surface area contributed by atoms with Gasteiger partial charge in [-0.1, -0.05) is 6.58 Å². The first-order valence-electron chi connectivity index (χ1n) is 2.81. The van der Waals surface area contributed by atoms with Crippen molar-refractivity contribution in [2.45, 2.75) is 0 Å². The SMILES string of the molecule is C=Cc1cnc2ocnn12. The number of hydrogen-bond acceptors (Lipinski definition) is 3.